The number of carbonyl (C=O) groups is 2. The molecule has 0 saturated heterocycles. The van der Waals surface area contributed by atoms with E-state index in [0.717, 1.165) is 0 Å². The highest BCUT2D eigenvalue weighted by Gasteiger charge is 2.21. The van der Waals surface area contributed by atoms with E-state index in [4.69, 9.17) is 21.4 Å². The van der Waals surface area contributed by atoms with Crippen LogP contribution in [0.25, 0.3) is 0 Å². The first-order valence-corrected chi connectivity index (χ1v) is 6.75. The lowest BCUT2D eigenvalue weighted by Crippen LogP contribution is -2.38. The number of methoxy groups -OCH3 is 1. The lowest BCUT2D eigenvalue weighted by Gasteiger charge is -2.19. The van der Waals surface area contributed by atoms with Gasteiger partial charge in [-0.2, -0.15) is 0 Å². The van der Waals surface area contributed by atoms with Gasteiger partial charge in [0, 0.05) is 23.8 Å². The van der Waals surface area contributed by atoms with Gasteiger partial charge in [-0.05, 0) is 12.1 Å². The summed E-state index contributed by atoms with van der Waals surface area (Å²) in [6, 6.07) is 3.08. The molecule has 7 heteroatoms. The molecule has 1 amide bonds. The van der Waals surface area contributed by atoms with Gasteiger partial charge in [-0.3, -0.25) is 4.79 Å². The molecule has 0 spiro atoms. The normalized spacial score (nSPS) is 12.8. The molecule has 116 valence electrons. The summed E-state index contributed by atoms with van der Waals surface area (Å²) in [7, 11) is 1.27. The van der Waals surface area contributed by atoms with Gasteiger partial charge in [-0.25, -0.2) is 9.78 Å². The Kier molecular flexibility index (Phi) is 5.69. The van der Waals surface area contributed by atoms with Crippen LogP contribution in [0.1, 0.15) is 36.8 Å². The molecule has 0 aliphatic rings. The Balaban J connectivity index is 2.88. The van der Waals surface area contributed by atoms with E-state index in [1.807, 2.05) is 20.8 Å². The van der Waals surface area contributed by atoms with E-state index in [0.29, 0.717) is 11.3 Å². The van der Waals surface area contributed by atoms with E-state index in [1.54, 1.807) is 6.07 Å². The van der Waals surface area contributed by atoms with Crippen LogP contribution in [0.3, 0.4) is 0 Å². The van der Waals surface area contributed by atoms with Gasteiger partial charge in [0.2, 0.25) is 0 Å². The molecule has 1 aromatic heterocycles. The van der Waals surface area contributed by atoms with Gasteiger partial charge >= 0.3 is 5.97 Å². The summed E-state index contributed by atoms with van der Waals surface area (Å²) in [5, 5.41) is 11.6. The average Bonchev–Trinajstić information content (AvgIpc) is 2.37. The molecule has 0 aliphatic carbocycles. The highest BCUT2D eigenvalue weighted by atomic mass is 35.5. The lowest BCUT2D eigenvalue weighted by atomic mass is 9.91. The summed E-state index contributed by atoms with van der Waals surface area (Å²) < 4.78 is 4.75. The Labute approximate surface area is 128 Å². The Morgan fingerprint density at radius 2 is 2.05 bits per heavy atom. The minimum Gasteiger partial charge on any atom is -0.479 e. The van der Waals surface area contributed by atoms with E-state index in [1.165, 1.54) is 13.2 Å². The fraction of sp³-hybridized carbons (Fsp3) is 0.500. The minimum atomic E-state index is -1.14. The number of rotatable bonds is 5. The molecule has 0 fully saturated rings. The summed E-state index contributed by atoms with van der Waals surface area (Å²) in [4.78, 5) is 27.1. The number of nitrogens with one attached hydrogen (secondary N) is 1. The second-order valence-electron chi connectivity index (χ2n) is 5.59. The molecule has 21 heavy (non-hydrogen) atoms. The first-order valence-electron chi connectivity index (χ1n) is 6.37. The summed E-state index contributed by atoms with van der Waals surface area (Å²) in [5.74, 6) is -1.56. The van der Waals surface area contributed by atoms with E-state index in [-0.39, 0.29) is 17.1 Å². The number of carboxylic acids is 1. The number of hydrogen-bond donors (Lipinski definition) is 2. The van der Waals surface area contributed by atoms with Crippen LogP contribution in [0.5, 0.6) is 0 Å². The number of ether oxygens (including phenoxy) is 1. The highest BCUT2D eigenvalue weighted by molar-refractivity contribution is 6.29. The van der Waals surface area contributed by atoms with Gasteiger partial charge in [0.1, 0.15) is 5.15 Å². The maximum Gasteiger partial charge on any atom is 0.334 e. The number of carboxylic acid groups (broad SMARTS) is 1. The summed E-state index contributed by atoms with van der Waals surface area (Å²) in [6.45, 7) is 5.74. The Hall–Kier alpha value is -1.66. The summed E-state index contributed by atoms with van der Waals surface area (Å²) in [5.41, 5.74) is 0.762. The molecule has 2 N–H and O–H groups in total. The molecule has 1 aromatic rings. The van der Waals surface area contributed by atoms with Crippen LogP contribution >= 0.6 is 11.6 Å². The molecule has 1 atom stereocenters. The van der Waals surface area contributed by atoms with Gasteiger partial charge in [-0.15, -0.1) is 0 Å². The lowest BCUT2D eigenvalue weighted by molar-refractivity contribution is -0.148. The molecule has 0 bridgehead atoms. The van der Waals surface area contributed by atoms with Crippen molar-refractivity contribution < 1.29 is 19.4 Å². The molecule has 0 saturated carbocycles. The Morgan fingerprint density at radius 1 is 1.43 bits per heavy atom. The van der Waals surface area contributed by atoms with Crippen molar-refractivity contribution in [3.63, 3.8) is 0 Å². The number of nitrogens with zero attached hydrogens (tertiary/aromatic N) is 1. The number of hydrogen-bond acceptors (Lipinski definition) is 4. The van der Waals surface area contributed by atoms with Crippen LogP contribution in [0.4, 0.5) is 0 Å². The van der Waals surface area contributed by atoms with Crippen LogP contribution in [0.2, 0.25) is 5.15 Å². The number of aromatic nitrogens is 1. The second kappa shape index (κ2) is 6.87. The third kappa shape index (κ3) is 4.99. The molecular weight excluding hydrogens is 296 g/mol. The average molecular weight is 315 g/mol. The van der Waals surface area contributed by atoms with Gasteiger partial charge < -0.3 is 15.2 Å². The van der Waals surface area contributed by atoms with Crippen molar-refractivity contribution in [3.8, 4) is 0 Å². The number of halogens is 1. The second-order valence-corrected chi connectivity index (χ2v) is 5.97. The molecule has 6 nitrogen and oxygen atoms in total. The zero-order valence-corrected chi connectivity index (χ0v) is 13.2. The van der Waals surface area contributed by atoms with Crippen LogP contribution in [-0.2, 0) is 14.9 Å². The number of carbonyl (C=O) groups excluding carboxylic acids is 1. The van der Waals surface area contributed by atoms with Gasteiger partial charge in [0.05, 0.1) is 6.54 Å². The minimum absolute atomic E-state index is 0.130. The smallest absolute Gasteiger partial charge is 0.334 e. The van der Waals surface area contributed by atoms with Crippen molar-refractivity contribution in [2.45, 2.75) is 32.3 Å². The molecule has 1 heterocycles. The fourth-order valence-electron chi connectivity index (χ4n) is 1.57. The number of aliphatic carboxylic acids is 1. The quantitative estimate of drug-likeness (QED) is 0.810. The first kappa shape index (κ1) is 17.4. The van der Waals surface area contributed by atoms with Crippen LogP contribution in [0.15, 0.2) is 12.1 Å². The standard InChI is InChI=1S/C14H19ClN2O4/c1-14(2,3)10-5-8(6-11(15)17-10)12(18)16-7-9(21-4)13(19)20/h5-6,9H,7H2,1-4H3,(H,16,18)(H,19,20). The maximum absolute atomic E-state index is 12.1. The predicted octanol–water partition coefficient (Wildman–Crippen LogP) is 1.86. The summed E-state index contributed by atoms with van der Waals surface area (Å²) in [6.07, 6.45) is -1.09. The van der Waals surface area contributed by atoms with Gasteiger partial charge in [-0.1, -0.05) is 32.4 Å². The van der Waals surface area contributed by atoms with Crippen molar-refractivity contribution in [1.29, 1.82) is 0 Å². The fourth-order valence-corrected chi connectivity index (χ4v) is 1.78. The molecule has 0 radical (unpaired) electrons. The largest absolute Gasteiger partial charge is 0.479 e. The number of amides is 1. The van der Waals surface area contributed by atoms with Gasteiger partial charge in [0.25, 0.3) is 5.91 Å². The predicted molar refractivity (Wildman–Crippen MR) is 78.7 cm³/mol. The van der Waals surface area contributed by atoms with Crippen molar-refractivity contribution in [2.75, 3.05) is 13.7 Å². The zero-order valence-electron chi connectivity index (χ0n) is 12.4. The zero-order chi connectivity index (χ0) is 16.2. The maximum atomic E-state index is 12.1. The molecule has 1 unspecified atom stereocenters. The Bertz CT molecular complexity index is 540. The van der Waals surface area contributed by atoms with Crippen molar-refractivity contribution in [2.24, 2.45) is 0 Å². The van der Waals surface area contributed by atoms with E-state index >= 15 is 0 Å². The Morgan fingerprint density at radius 3 is 2.52 bits per heavy atom. The third-order valence-electron chi connectivity index (χ3n) is 2.83. The molecule has 0 aliphatic heterocycles. The van der Waals surface area contributed by atoms with Crippen LogP contribution in [0, 0.1) is 0 Å². The van der Waals surface area contributed by atoms with Crippen molar-refractivity contribution in [1.82, 2.24) is 10.3 Å². The van der Waals surface area contributed by atoms with Crippen molar-refractivity contribution >= 4 is 23.5 Å². The monoisotopic (exact) mass is 314 g/mol. The van der Waals surface area contributed by atoms with E-state index < -0.39 is 18.0 Å². The molecule has 1 rings (SSSR count). The molecule has 0 aromatic carbocycles. The van der Waals surface area contributed by atoms with E-state index in [2.05, 4.69) is 10.3 Å². The van der Waals surface area contributed by atoms with Gasteiger partial charge in [0.15, 0.2) is 6.10 Å². The third-order valence-corrected chi connectivity index (χ3v) is 3.03. The highest BCUT2D eigenvalue weighted by Crippen LogP contribution is 2.23. The van der Waals surface area contributed by atoms with Crippen LogP contribution in [-0.4, -0.2) is 41.7 Å². The number of pyridine rings is 1. The summed E-state index contributed by atoms with van der Waals surface area (Å²) >= 11 is 5.93. The van der Waals surface area contributed by atoms with E-state index in [9.17, 15) is 9.59 Å². The molecular formula is C14H19ClN2O4. The SMILES string of the molecule is COC(CNC(=O)c1cc(Cl)nc(C(C)(C)C)c1)C(=O)O. The van der Waals surface area contributed by atoms with Crippen LogP contribution < -0.4 is 5.32 Å². The van der Waals surface area contributed by atoms with Crippen molar-refractivity contribution in [3.05, 3.63) is 28.5 Å². The first-order chi connectivity index (χ1) is 9.65. The topological polar surface area (TPSA) is 88.5 Å².